The molecule has 0 aromatic carbocycles. The summed E-state index contributed by atoms with van der Waals surface area (Å²) >= 11 is 5.68. The lowest BCUT2D eigenvalue weighted by molar-refractivity contribution is 0.535. The van der Waals surface area contributed by atoms with E-state index >= 15 is 0 Å². The van der Waals surface area contributed by atoms with Gasteiger partial charge in [-0.05, 0) is 34.5 Å². The number of nitrogens with zero attached hydrogens (tertiary/aromatic N) is 2. The average Bonchev–Trinajstić information content (AvgIpc) is 2.86. The lowest BCUT2D eigenvalue weighted by Crippen LogP contribution is -2.29. The van der Waals surface area contributed by atoms with Crippen molar-refractivity contribution in [3.8, 4) is 0 Å². The van der Waals surface area contributed by atoms with E-state index in [1.807, 2.05) is 23.5 Å². The Balaban J connectivity index is 2.00. The van der Waals surface area contributed by atoms with Gasteiger partial charge in [0, 0.05) is 25.4 Å². The molecule has 0 bridgehead atoms. The summed E-state index contributed by atoms with van der Waals surface area (Å²) in [5.41, 5.74) is 2.41. The smallest absolute Gasteiger partial charge is 0.0767 e. The van der Waals surface area contributed by atoms with Crippen molar-refractivity contribution in [3.63, 3.8) is 0 Å². The summed E-state index contributed by atoms with van der Waals surface area (Å²) in [7, 11) is 2.02. The minimum atomic E-state index is 0.678. The van der Waals surface area contributed by atoms with Gasteiger partial charge in [0.15, 0.2) is 0 Å². The van der Waals surface area contributed by atoms with Crippen molar-refractivity contribution in [1.29, 1.82) is 0 Å². The number of nitrogens with one attached hydrogen (secondary N) is 1. The average molecular weight is 304 g/mol. The van der Waals surface area contributed by atoms with Crippen LogP contribution < -0.4 is 5.32 Å². The van der Waals surface area contributed by atoms with Gasteiger partial charge in [0.1, 0.15) is 0 Å². The molecule has 1 aromatic heterocycles. The molecule has 1 atom stereocenters. The van der Waals surface area contributed by atoms with Gasteiger partial charge >= 0.3 is 0 Å². The molecule has 1 N–H and O–H groups in total. The number of aryl methyl sites for hydroxylation is 2. The zero-order valence-corrected chi connectivity index (χ0v) is 12.2. The van der Waals surface area contributed by atoms with E-state index in [0.717, 1.165) is 18.7 Å². The highest BCUT2D eigenvalue weighted by Gasteiger charge is 2.17. The van der Waals surface area contributed by atoms with Crippen LogP contribution in [0.3, 0.4) is 0 Å². The van der Waals surface area contributed by atoms with E-state index < -0.39 is 0 Å². The lowest BCUT2D eigenvalue weighted by atomic mass is 10.2. The van der Waals surface area contributed by atoms with Gasteiger partial charge in [-0.2, -0.15) is 16.9 Å². The maximum Gasteiger partial charge on any atom is 0.0767 e. The van der Waals surface area contributed by atoms with Crippen LogP contribution in [0.4, 0.5) is 0 Å². The third-order valence-corrected chi connectivity index (χ3v) is 5.07. The molecule has 16 heavy (non-hydrogen) atoms. The minimum absolute atomic E-state index is 0.678. The Bertz CT molecular complexity index is 358. The second-order valence-corrected chi connectivity index (χ2v) is 6.07. The van der Waals surface area contributed by atoms with Crippen LogP contribution in [0.15, 0.2) is 4.47 Å². The van der Waals surface area contributed by atoms with Gasteiger partial charge in [0.25, 0.3) is 0 Å². The van der Waals surface area contributed by atoms with Crippen molar-refractivity contribution in [1.82, 2.24) is 15.1 Å². The summed E-state index contributed by atoms with van der Waals surface area (Å²) in [6, 6.07) is 0.678. The molecule has 0 saturated carbocycles. The first-order chi connectivity index (χ1) is 7.72. The summed E-state index contributed by atoms with van der Waals surface area (Å²) in [4.78, 5) is 0. The fraction of sp³-hybridized carbons (Fsp3) is 0.727. The van der Waals surface area contributed by atoms with Crippen molar-refractivity contribution in [2.45, 2.75) is 32.4 Å². The maximum absolute atomic E-state index is 4.50. The van der Waals surface area contributed by atoms with Gasteiger partial charge in [-0.25, -0.2) is 0 Å². The molecule has 0 aliphatic carbocycles. The van der Waals surface area contributed by atoms with E-state index in [9.17, 15) is 0 Å². The summed E-state index contributed by atoms with van der Waals surface area (Å²) in [5, 5.41) is 8.10. The largest absolute Gasteiger partial charge is 0.307 e. The van der Waals surface area contributed by atoms with Crippen LogP contribution in [-0.4, -0.2) is 27.3 Å². The standard InChI is InChI=1S/C11H18BrN3S/c1-3-9-11(12)10(15(2)14-9)6-13-8-4-5-16-7-8/h8,13H,3-7H2,1-2H3. The first kappa shape index (κ1) is 12.5. The number of halogens is 1. The second kappa shape index (κ2) is 5.56. The SMILES string of the molecule is CCc1nn(C)c(CNC2CCSC2)c1Br. The van der Waals surface area contributed by atoms with Gasteiger partial charge in [-0.3, -0.25) is 4.68 Å². The van der Waals surface area contributed by atoms with Crippen LogP contribution in [0.1, 0.15) is 24.7 Å². The van der Waals surface area contributed by atoms with E-state index in [1.54, 1.807) is 0 Å². The molecule has 1 aliphatic rings. The molecule has 0 radical (unpaired) electrons. The van der Waals surface area contributed by atoms with E-state index in [2.05, 4.69) is 33.3 Å². The Labute approximate surface area is 109 Å². The zero-order chi connectivity index (χ0) is 11.5. The molecule has 1 saturated heterocycles. The molecule has 1 unspecified atom stereocenters. The Morgan fingerprint density at radius 2 is 2.44 bits per heavy atom. The molecule has 3 nitrogen and oxygen atoms in total. The first-order valence-corrected chi connectivity index (χ1v) is 7.68. The van der Waals surface area contributed by atoms with Gasteiger partial charge in [0.05, 0.1) is 15.9 Å². The van der Waals surface area contributed by atoms with E-state index in [0.29, 0.717) is 6.04 Å². The molecule has 0 spiro atoms. The minimum Gasteiger partial charge on any atom is -0.307 e. The predicted octanol–water partition coefficient (Wildman–Crippen LogP) is 2.34. The first-order valence-electron chi connectivity index (χ1n) is 5.73. The molecule has 1 fully saturated rings. The summed E-state index contributed by atoms with van der Waals surface area (Å²) in [5.74, 6) is 2.54. The number of thioether (sulfide) groups is 1. The Hall–Kier alpha value is -0.000000000000000111. The highest BCUT2D eigenvalue weighted by Crippen LogP contribution is 2.22. The van der Waals surface area contributed by atoms with Gasteiger partial charge in [0.2, 0.25) is 0 Å². The van der Waals surface area contributed by atoms with Gasteiger partial charge in [-0.15, -0.1) is 0 Å². The topological polar surface area (TPSA) is 29.9 Å². The highest BCUT2D eigenvalue weighted by molar-refractivity contribution is 9.10. The monoisotopic (exact) mass is 303 g/mol. The third-order valence-electron chi connectivity index (χ3n) is 2.99. The van der Waals surface area contributed by atoms with Crippen LogP contribution in [0, 0.1) is 0 Å². The van der Waals surface area contributed by atoms with Crippen molar-refractivity contribution >= 4 is 27.7 Å². The summed E-state index contributed by atoms with van der Waals surface area (Å²) < 4.78 is 3.16. The molecular formula is C11H18BrN3S. The lowest BCUT2D eigenvalue weighted by Gasteiger charge is -2.11. The Kier molecular flexibility index (Phi) is 4.33. The van der Waals surface area contributed by atoms with E-state index in [-0.39, 0.29) is 0 Å². The van der Waals surface area contributed by atoms with Crippen molar-refractivity contribution < 1.29 is 0 Å². The maximum atomic E-state index is 4.50. The second-order valence-electron chi connectivity index (χ2n) is 4.13. The van der Waals surface area contributed by atoms with Crippen LogP contribution in [0.5, 0.6) is 0 Å². The van der Waals surface area contributed by atoms with Crippen LogP contribution in [-0.2, 0) is 20.0 Å². The predicted molar refractivity (Wildman–Crippen MR) is 72.9 cm³/mol. The van der Waals surface area contributed by atoms with Gasteiger partial charge < -0.3 is 5.32 Å². The molecule has 1 aromatic rings. The van der Waals surface area contributed by atoms with E-state index in [1.165, 1.54) is 28.1 Å². The molecule has 0 amide bonds. The van der Waals surface area contributed by atoms with Crippen molar-refractivity contribution in [2.75, 3.05) is 11.5 Å². The molecule has 2 rings (SSSR count). The zero-order valence-electron chi connectivity index (χ0n) is 9.79. The van der Waals surface area contributed by atoms with Gasteiger partial charge in [-0.1, -0.05) is 6.92 Å². The number of hydrogen-bond donors (Lipinski definition) is 1. The molecular weight excluding hydrogens is 286 g/mol. The van der Waals surface area contributed by atoms with E-state index in [4.69, 9.17) is 0 Å². The summed E-state index contributed by atoms with van der Waals surface area (Å²) in [6.07, 6.45) is 2.27. The normalized spacial score (nSPS) is 20.6. The van der Waals surface area contributed by atoms with Crippen LogP contribution in [0.2, 0.25) is 0 Å². The fourth-order valence-electron chi connectivity index (χ4n) is 1.95. The molecule has 5 heteroatoms. The van der Waals surface area contributed by atoms with Crippen LogP contribution >= 0.6 is 27.7 Å². The third kappa shape index (κ3) is 2.63. The number of hydrogen-bond acceptors (Lipinski definition) is 3. The fourth-order valence-corrected chi connectivity index (χ4v) is 3.89. The quantitative estimate of drug-likeness (QED) is 0.926. The van der Waals surface area contributed by atoms with Crippen LogP contribution in [0.25, 0.3) is 0 Å². The molecule has 90 valence electrons. The van der Waals surface area contributed by atoms with Crippen molar-refractivity contribution in [3.05, 3.63) is 15.9 Å². The van der Waals surface area contributed by atoms with Crippen molar-refractivity contribution in [2.24, 2.45) is 7.05 Å². The summed E-state index contributed by atoms with van der Waals surface area (Å²) in [6.45, 7) is 3.05. The Morgan fingerprint density at radius 3 is 3.00 bits per heavy atom. The number of rotatable bonds is 4. The number of aromatic nitrogens is 2. The Morgan fingerprint density at radius 1 is 1.62 bits per heavy atom. The molecule has 1 aliphatic heterocycles. The highest BCUT2D eigenvalue weighted by atomic mass is 79.9. The molecule has 2 heterocycles.